The molecule has 1 saturated carbocycles. The van der Waals surface area contributed by atoms with Gasteiger partial charge in [0.1, 0.15) is 0 Å². The van der Waals surface area contributed by atoms with Crippen molar-refractivity contribution in [1.29, 1.82) is 0 Å². The van der Waals surface area contributed by atoms with Gasteiger partial charge in [0, 0.05) is 30.3 Å². The molecule has 1 unspecified atom stereocenters. The molecule has 11 nitrogen and oxygen atoms in total. The average Bonchev–Trinajstić information content (AvgIpc) is 3.03. The first-order valence-electron chi connectivity index (χ1n) is 16.4. The molecule has 1 aliphatic carbocycles. The molecule has 262 valence electrons. The second kappa shape index (κ2) is 14.8. The lowest BCUT2D eigenvalue weighted by atomic mass is 9.74. The summed E-state index contributed by atoms with van der Waals surface area (Å²) in [5.41, 5.74) is 4.87. The van der Waals surface area contributed by atoms with E-state index in [1.807, 2.05) is 53.8 Å². The van der Waals surface area contributed by atoms with Crippen LogP contribution in [0.1, 0.15) is 86.2 Å². The van der Waals surface area contributed by atoms with Crippen LogP contribution in [0.25, 0.3) is 0 Å². The van der Waals surface area contributed by atoms with Gasteiger partial charge in [0.05, 0.1) is 24.5 Å². The Morgan fingerprint density at radius 2 is 1.59 bits per heavy atom. The van der Waals surface area contributed by atoms with Gasteiger partial charge in [0.25, 0.3) is 11.8 Å². The zero-order valence-corrected chi connectivity index (χ0v) is 29.9. The van der Waals surface area contributed by atoms with Crippen LogP contribution in [0.3, 0.4) is 0 Å². The van der Waals surface area contributed by atoms with Crippen LogP contribution in [0.5, 0.6) is 0 Å². The third-order valence-corrected chi connectivity index (χ3v) is 10.7. The molecular formula is C36H44N4O7S2. The minimum Gasteiger partial charge on any atom is -0.355 e. The van der Waals surface area contributed by atoms with Gasteiger partial charge in [0.15, 0.2) is 0 Å². The number of carbonyl (C=O) groups excluding carboxylic acids is 3. The number of nitrogens with zero attached hydrogens (tertiary/aromatic N) is 1. The lowest BCUT2D eigenvalue weighted by molar-refractivity contribution is -0.124. The van der Waals surface area contributed by atoms with Crippen LogP contribution in [-0.2, 0) is 31.3 Å². The summed E-state index contributed by atoms with van der Waals surface area (Å²) in [5.74, 6) is -2.07. The number of benzene rings is 3. The second-order valence-corrected chi connectivity index (χ2v) is 16.8. The van der Waals surface area contributed by atoms with E-state index in [0.717, 1.165) is 54.0 Å². The smallest absolute Gasteiger partial charge is 0.264 e. The van der Waals surface area contributed by atoms with Gasteiger partial charge in [-0.1, -0.05) is 66.9 Å². The quantitative estimate of drug-likeness (QED) is 0.274. The molecule has 1 heterocycles. The molecule has 3 aromatic carbocycles. The molecule has 0 spiro atoms. The highest BCUT2D eigenvalue weighted by molar-refractivity contribution is 7.89. The number of hydrogen-bond donors (Lipinski definition) is 3. The number of hydrogen-bond acceptors (Lipinski definition) is 7. The summed E-state index contributed by atoms with van der Waals surface area (Å²) >= 11 is 0. The summed E-state index contributed by atoms with van der Waals surface area (Å²) in [7, 11) is -7.18. The molecule has 0 saturated heterocycles. The highest BCUT2D eigenvalue weighted by atomic mass is 32.2. The Balaban J connectivity index is 1.50. The fourth-order valence-corrected chi connectivity index (χ4v) is 8.25. The van der Waals surface area contributed by atoms with Crippen LogP contribution in [0.15, 0.2) is 66.7 Å². The third-order valence-electron chi connectivity index (χ3n) is 9.42. The van der Waals surface area contributed by atoms with E-state index in [2.05, 4.69) is 10.0 Å². The minimum atomic E-state index is -3.73. The maximum Gasteiger partial charge on any atom is 0.264 e. The van der Waals surface area contributed by atoms with Crippen molar-refractivity contribution in [3.8, 4) is 0 Å². The molecule has 0 radical (unpaired) electrons. The SMILES string of the molecule is Cc1ccc([C@H]2C(C(=O)NCCc3cccc(C(=O)NS(C)(=O)=O)c3)c3ccccc3C(=O)N2[C@H]2CCCC[C@@H]2CNS(C)(=O)=O)c(C)c1. The van der Waals surface area contributed by atoms with Crippen LogP contribution >= 0.6 is 0 Å². The van der Waals surface area contributed by atoms with Crippen LogP contribution in [-0.4, -0.2) is 71.1 Å². The summed E-state index contributed by atoms with van der Waals surface area (Å²) in [6, 6.07) is 18.8. The molecule has 3 N–H and O–H groups in total. The van der Waals surface area contributed by atoms with Crippen LogP contribution < -0.4 is 14.8 Å². The van der Waals surface area contributed by atoms with E-state index in [1.165, 1.54) is 6.07 Å². The van der Waals surface area contributed by atoms with Gasteiger partial charge < -0.3 is 10.2 Å². The molecule has 1 fully saturated rings. The zero-order valence-electron chi connectivity index (χ0n) is 28.2. The first-order valence-corrected chi connectivity index (χ1v) is 20.2. The third kappa shape index (κ3) is 8.75. The largest absolute Gasteiger partial charge is 0.355 e. The molecule has 1 aliphatic heterocycles. The van der Waals surface area contributed by atoms with E-state index < -0.39 is 37.9 Å². The van der Waals surface area contributed by atoms with Crippen molar-refractivity contribution in [3.63, 3.8) is 0 Å². The monoisotopic (exact) mass is 708 g/mol. The number of amides is 3. The summed E-state index contributed by atoms with van der Waals surface area (Å²) in [6.07, 6.45) is 5.64. The molecule has 0 bridgehead atoms. The Labute approximate surface area is 289 Å². The number of sulfonamides is 2. The highest BCUT2D eigenvalue weighted by Gasteiger charge is 2.48. The first kappa shape index (κ1) is 36.2. The van der Waals surface area contributed by atoms with Gasteiger partial charge in [-0.25, -0.2) is 26.3 Å². The number of aryl methyl sites for hydroxylation is 2. The summed E-state index contributed by atoms with van der Waals surface area (Å²) in [6.45, 7) is 4.41. The Morgan fingerprint density at radius 1 is 0.857 bits per heavy atom. The van der Waals surface area contributed by atoms with Crippen LogP contribution in [0.4, 0.5) is 0 Å². The Morgan fingerprint density at radius 3 is 2.31 bits per heavy atom. The van der Waals surface area contributed by atoms with Crippen molar-refractivity contribution < 1.29 is 31.2 Å². The van der Waals surface area contributed by atoms with Crippen LogP contribution in [0.2, 0.25) is 0 Å². The Hall–Kier alpha value is -4.07. The molecule has 4 atom stereocenters. The van der Waals surface area contributed by atoms with E-state index in [4.69, 9.17) is 0 Å². The number of carbonyl (C=O) groups is 3. The van der Waals surface area contributed by atoms with E-state index in [1.54, 1.807) is 30.3 Å². The minimum absolute atomic E-state index is 0.137. The number of nitrogens with one attached hydrogen (secondary N) is 3. The second-order valence-electron chi connectivity index (χ2n) is 13.3. The van der Waals surface area contributed by atoms with Gasteiger partial charge >= 0.3 is 0 Å². The molecule has 2 aliphatic rings. The van der Waals surface area contributed by atoms with Gasteiger partial charge in [-0.2, -0.15) is 0 Å². The number of fused-ring (bicyclic) bond motifs is 1. The topological polar surface area (TPSA) is 159 Å². The fraction of sp³-hybridized carbons (Fsp3) is 0.417. The molecule has 49 heavy (non-hydrogen) atoms. The van der Waals surface area contributed by atoms with Crippen molar-refractivity contribution in [2.45, 2.75) is 64.0 Å². The molecule has 13 heteroatoms. The molecule has 3 aromatic rings. The van der Waals surface area contributed by atoms with Crippen molar-refractivity contribution in [1.82, 2.24) is 19.7 Å². The van der Waals surface area contributed by atoms with E-state index >= 15 is 0 Å². The molecule has 0 aromatic heterocycles. The highest BCUT2D eigenvalue weighted by Crippen LogP contribution is 2.47. The van der Waals surface area contributed by atoms with Crippen molar-refractivity contribution >= 4 is 37.8 Å². The number of rotatable bonds is 11. The Kier molecular flexibility index (Phi) is 10.9. The van der Waals surface area contributed by atoms with Crippen molar-refractivity contribution in [2.75, 3.05) is 25.6 Å². The van der Waals surface area contributed by atoms with E-state index in [0.29, 0.717) is 24.0 Å². The maximum absolute atomic E-state index is 14.6. The predicted molar refractivity (Wildman–Crippen MR) is 188 cm³/mol. The maximum atomic E-state index is 14.6. The first-order chi connectivity index (χ1) is 23.1. The van der Waals surface area contributed by atoms with E-state index in [-0.39, 0.29) is 42.4 Å². The standard InChI is InChI=1S/C36H44N4O7S2/c1-23-16-17-28(24(2)20-23)33-32(35(42)37-19-18-25-10-9-12-26(21-25)34(41)39-49(4,46)47)29-13-6-7-14-30(29)36(43)40(33)31-15-8-5-11-27(31)22-38-48(3,44)45/h6-7,9-10,12-14,16-17,20-21,27,31-33,38H,5,8,11,15,18-19,22H2,1-4H3,(H,37,42)(H,39,41)/t27-,31+,32?,33+/m1/s1. The lowest BCUT2D eigenvalue weighted by Crippen LogP contribution is -2.55. The van der Waals surface area contributed by atoms with E-state index in [9.17, 15) is 31.2 Å². The van der Waals surface area contributed by atoms with Gasteiger partial charge in [-0.3, -0.25) is 14.4 Å². The summed E-state index contributed by atoms with van der Waals surface area (Å²) in [4.78, 5) is 43.3. The van der Waals surface area contributed by atoms with Gasteiger partial charge in [-0.05, 0) is 79.5 Å². The van der Waals surface area contributed by atoms with Gasteiger partial charge in [0.2, 0.25) is 26.0 Å². The fourth-order valence-electron chi connectivity index (χ4n) is 7.27. The van der Waals surface area contributed by atoms with Crippen molar-refractivity contribution in [3.05, 3.63) is 106 Å². The Bertz CT molecular complexity index is 1960. The molecule has 5 rings (SSSR count). The zero-order chi connectivity index (χ0) is 35.5. The van der Waals surface area contributed by atoms with Crippen LogP contribution in [0, 0.1) is 19.8 Å². The predicted octanol–water partition coefficient (Wildman–Crippen LogP) is 3.74. The lowest BCUT2D eigenvalue weighted by Gasteiger charge is -2.49. The molecular weight excluding hydrogens is 665 g/mol. The normalized spacial score (nSPS) is 21.1. The summed E-state index contributed by atoms with van der Waals surface area (Å²) in [5, 5.41) is 3.09. The average molecular weight is 709 g/mol. The van der Waals surface area contributed by atoms with Gasteiger partial charge in [-0.15, -0.1) is 0 Å². The molecule has 3 amide bonds. The van der Waals surface area contributed by atoms with Crippen molar-refractivity contribution in [2.24, 2.45) is 5.92 Å². The summed E-state index contributed by atoms with van der Waals surface area (Å²) < 4.78 is 52.0.